The summed E-state index contributed by atoms with van der Waals surface area (Å²) in [6.45, 7) is 4.05. The molecule has 1 unspecified atom stereocenters. The topological polar surface area (TPSA) is 67.6 Å². The van der Waals surface area contributed by atoms with Crippen molar-refractivity contribution in [2.24, 2.45) is 5.92 Å². The van der Waals surface area contributed by atoms with Crippen molar-refractivity contribution in [1.82, 2.24) is 5.32 Å². The molecule has 1 aliphatic heterocycles. The maximum Gasteiger partial charge on any atom is 0.352 e. The minimum atomic E-state index is -0.607. The van der Waals surface area contributed by atoms with Crippen molar-refractivity contribution in [2.75, 3.05) is 13.7 Å². The second kappa shape index (κ2) is 5.90. The first-order valence-electron chi connectivity index (χ1n) is 6.61. The maximum absolute atomic E-state index is 12.0. The third-order valence-corrected chi connectivity index (χ3v) is 3.14. The smallest absolute Gasteiger partial charge is 0.352 e. The summed E-state index contributed by atoms with van der Waals surface area (Å²) in [5.41, 5.74) is 0.492. The fourth-order valence-electron chi connectivity index (χ4n) is 1.95. The van der Waals surface area contributed by atoms with Crippen LogP contribution in [0.3, 0.4) is 0 Å². The van der Waals surface area contributed by atoms with Crippen LogP contribution in [-0.4, -0.2) is 30.5 Å². The molecule has 0 saturated carbocycles. The molecule has 1 aromatic carbocycles. The third kappa shape index (κ3) is 2.89. The van der Waals surface area contributed by atoms with E-state index in [0.717, 1.165) is 4.76 Å². The van der Waals surface area contributed by atoms with E-state index in [1.807, 2.05) is 13.8 Å². The van der Waals surface area contributed by atoms with Crippen LogP contribution in [0.1, 0.15) is 20.3 Å². The number of nitrogens with one attached hydrogen (secondary N) is 1. The van der Waals surface area contributed by atoms with Gasteiger partial charge in [-0.05, 0) is 6.07 Å². The van der Waals surface area contributed by atoms with E-state index in [0.29, 0.717) is 30.2 Å². The fourth-order valence-corrected chi connectivity index (χ4v) is 1.95. The van der Waals surface area contributed by atoms with Crippen LogP contribution in [0.25, 0.3) is 0 Å². The average Bonchev–Trinajstić information content (AvgIpc) is 2.74. The molecule has 1 aromatic rings. The monoisotopic (exact) mass is 279 g/mol. The molecular weight excluding hydrogens is 260 g/mol. The Bertz CT molecular complexity index is 528. The highest BCUT2D eigenvalue weighted by Crippen LogP contribution is 2.38. The van der Waals surface area contributed by atoms with Gasteiger partial charge in [0.05, 0.1) is 18.3 Å². The first-order valence-corrected chi connectivity index (χ1v) is 6.61. The summed E-state index contributed by atoms with van der Waals surface area (Å²) < 4.78 is 11.5. The summed E-state index contributed by atoms with van der Waals surface area (Å²) in [5.74, 6) is 1.06. The highest BCUT2D eigenvalue weighted by atomic mass is 16.5. The minimum Gasteiger partial charge on any atom is -0.497 e. The molecule has 0 aromatic heterocycles. The fraction of sp³-hybridized carbons (Fsp3) is 0.500. The van der Waals surface area contributed by atoms with Gasteiger partial charge in [-0.15, -0.1) is 0 Å². The van der Waals surface area contributed by atoms with Gasteiger partial charge in [-0.3, -0.25) is 4.79 Å². The van der Waals surface area contributed by atoms with Gasteiger partial charge in [0.1, 0.15) is 5.75 Å². The van der Waals surface area contributed by atoms with E-state index in [9.17, 15) is 9.70 Å². The van der Waals surface area contributed by atoms with Crippen molar-refractivity contribution in [3.63, 3.8) is 0 Å². The van der Waals surface area contributed by atoms with Crippen molar-refractivity contribution in [1.29, 1.82) is 0 Å². The number of carbonyl (C=O) groups is 1. The van der Waals surface area contributed by atoms with E-state index in [-0.39, 0.29) is 11.8 Å². The Labute approximate surface area is 117 Å². The normalized spacial score (nSPS) is 16.8. The number of amides is 1. The van der Waals surface area contributed by atoms with Crippen molar-refractivity contribution in [3.8, 4) is 11.5 Å². The number of ether oxygens (including phenoxy) is 2. The van der Waals surface area contributed by atoms with Gasteiger partial charge in [-0.25, -0.2) is 0 Å². The van der Waals surface area contributed by atoms with E-state index >= 15 is 0 Å². The molecule has 0 radical (unpaired) electrons. The Hall–Kier alpha value is -2.11. The minimum absolute atomic E-state index is 0.0281. The largest absolute Gasteiger partial charge is 0.497 e. The number of nitroso groups, excluding NO2 is 1. The number of rotatable bonds is 5. The summed E-state index contributed by atoms with van der Waals surface area (Å²) in [5, 5.41) is 2.77. The number of nitrogens with zero attached hydrogens (tertiary/aromatic N) is 1. The lowest BCUT2D eigenvalue weighted by Crippen LogP contribution is -2.33. The molecule has 108 valence electrons. The molecule has 20 heavy (non-hydrogen) atoms. The Balaban J connectivity index is 1.93. The molecule has 2 rings (SSSR count). The van der Waals surface area contributed by atoms with Gasteiger partial charge in [-0.1, -0.05) is 13.8 Å². The molecule has 6 heteroatoms. The van der Waals surface area contributed by atoms with E-state index < -0.39 is 6.23 Å². The van der Waals surface area contributed by atoms with Crippen LogP contribution in [0.5, 0.6) is 11.5 Å². The SMILES string of the molecule is COc1ccc2c(c1)OC(CCNC(=O)C(C)C)[N+]2=O. The predicted octanol–water partition coefficient (Wildman–Crippen LogP) is 1.99. The molecule has 0 saturated heterocycles. The van der Waals surface area contributed by atoms with Crippen LogP contribution < -0.4 is 14.8 Å². The van der Waals surface area contributed by atoms with E-state index in [2.05, 4.69) is 5.32 Å². The van der Waals surface area contributed by atoms with E-state index in [1.165, 1.54) is 0 Å². The molecule has 0 bridgehead atoms. The molecular formula is C14H19N2O4+. The summed E-state index contributed by atoms with van der Waals surface area (Å²) in [6.07, 6.45) is -0.177. The zero-order chi connectivity index (χ0) is 14.7. The van der Waals surface area contributed by atoms with Crippen molar-refractivity contribution >= 4 is 11.6 Å². The zero-order valence-electron chi connectivity index (χ0n) is 11.9. The van der Waals surface area contributed by atoms with Crippen LogP contribution in [0.4, 0.5) is 5.69 Å². The number of carbonyl (C=O) groups excluding carboxylic acids is 1. The lowest BCUT2D eigenvalue weighted by atomic mass is 10.2. The second-order valence-electron chi connectivity index (χ2n) is 4.97. The van der Waals surface area contributed by atoms with Gasteiger partial charge in [0.2, 0.25) is 11.7 Å². The number of hydrogen-bond acceptors (Lipinski definition) is 4. The van der Waals surface area contributed by atoms with Gasteiger partial charge in [0.15, 0.2) is 0 Å². The van der Waals surface area contributed by atoms with Crippen molar-refractivity contribution < 1.29 is 19.0 Å². The van der Waals surface area contributed by atoms with Gasteiger partial charge in [0, 0.05) is 29.5 Å². The molecule has 1 amide bonds. The lowest BCUT2D eigenvalue weighted by Gasteiger charge is -2.07. The molecule has 1 atom stereocenters. The van der Waals surface area contributed by atoms with Crippen molar-refractivity contribution in [3.05, 3.63) is 23.1 Å². The summed E-state index contributed by atoms with van der Waals surface area (Å²) in [7, 11) is 1.56. The zero-order valence-corrected chi connectivity index (χ0v) is 11.9. The quantitative estimate of drug-likeness (QED) is 0.837. The Morgan fingerprint density at radius 3 is 2.90 bits per heavy atom. The summed E-state index contributed by atoms with van der Waals surface area (Å²) in [4.78, 5) is 23.5. The number of benzene rings is 1. The number of fused-ring (bicyclic) bond motifs is 1. The number of methoxy groups -OCH3 is 1. The van der Waals surface area contributed by atoms with Gasteiger partial charge in [0.25, 0.3) is 0 Å². The molecule has 1 aliphatic rings. The molecule has 6 nitrogen and oxygen atoms in total. The Kier molecular flexibility index (Phi) is 4.22. The van der Waals surface area contributed by atoms with Gasteiger partial charge < -0.3 is 14.8 Å². The third-order valence-electron chi connectivity index (χ3n) is 3.14. The first-order chi connectivity index (χ1) is 9.52. The molecule has 1 N–H and O–H groups in total. The van der Waals surface area contributed by atoms with Crippen LogP contribution >= 0.6 is 0 Å². The lowest BCUT2D eigenvalue weighted by molar-refractivity contribution is -0.529. The highest BCUT2D eigenvalue weighted by molar-refractivity contribution is 5.77. The first kappa shape index (κ1) is 14.3. The standard InChI is InChI=1S/C14H18N2O4/c1-9(2)14(17)15-7-6-13-16(18)11-5-4-10(19-3)8-12(11)20-13/h4-5,8-9,13H,6-7H2,1-3H3/p+1. The molecule has 0 fully saturated rings. The number of hydrogen-bond donors (Lipinski definition) is 1. The Morgan fingerprint density at radius 2 is 2.25 bits per heavy atom. The van der Waals surface area contributed by atoms with Crippen LogP contribution in [-0.2, 0) is 4.79 Å². The Morgan fingerprint density at radius 1 is 1.50 bits per heavy atom. The molecule has 0 aliphatic carbocycles. The maximum atomic E-state index is 12.0. The van der Waals surface area contributed by atoms with Crippen LogP contribution in [0.15, 0.2) is 18.2 Å². The average molecular weight is 279 g/mol. The van der Waals surface area contributed by atoms with E-state index in [4.69, 9.17) is 9.47 Å². The van der Waals surface area contributed by atoms with Crippen LogP contribution in [0, 0.1) is 10.8 Å². The predicted molar refractivity (Wildman–Crippen MR) is 73.2 cm³/mol. The van der Waals surface area contributed by atoms with E-state index in [1.54, 1.807) is 25.3 Å². The second-order valence-corrected chi connectivity index (χ2v) is 4.97. The van der Waals surface area contributed by atoms with Crippen LogP contribution in [0.2, 0.25) is 0 Å². The van der Waals surface area contributed by atoms with Gasteiger partial charge in [-0.2, -0.15) is 0 Å². The molecule has 0 spiro atoms. The van der Waals surface area contributed by atoms with Gasteiger partial charge >= 0.3 is 11.9 Å². The van der Waals surface area contributed by atoms with Crippen molar-refractivity contribution in [2.45, 2.75) is 26.5 Å². The summed E-state index contributed by atoms with van der Waals surface area (Å²) in [6, 6.07) is 5.08. The highest BCUT2D eigenvalue weighted by Gasteiger charge is 2.40. The molecule has 1 heterocycles. The summed E-state index contributed by atoms with van der Waals surface area (Å²) >= 11 is 0.